The van der Waals surface area contributed by atoms with E-state index in [2.05, 4.69) is 20.4 Å². The van der Waals surface area contributed by atoms with Crippen molar-refractivity contribution in [3.8, 4) is 5.75 Å². The number of ether oxygens (including phenoxy) is 1. The summed E-state index contributed by atoms with van der Waals surface area (Å²) in [5, 5.41) is 6.33. The highest BCUT2D eigenvalue weighted by molar-refractivity contribution is 7.91. The molecule has 0 saturated carbocycles. The van der Waals surface area contributed by atoms with Gasteiger partial charge in [-0.05, 0) is 24.6 Å². The Kier molecular flexibility index (Phi) is 6.22. The molecule has 1 fully saturated rings. The minimum absolute atomic E-state index is 0.0146. The van der Waals surface area contributed by atoms with E-state index in [9.17, 15) is 17.2 Å². The molecule has 1 atom stereocenters. The first-order valence-corrected chi connectivity index (χ1v) is 9.40. The average molecular weight is 382 g/mol. The van der Waals surface area contributed by atoms with E-state index in [-0.39, 0.29) is 29.8 Å². The normalized spacial score (nSPS) is 20.2. The van der Waals surface area contributed by atoms with E-state index in [1.165, 1.54) is 25.2 Å². The number of benzene rings is 1. The zero-order chi connectivity index (χ0) is 17.7. The second-order valence-electron chi connectivity index (χ2n) is 5.30. The molecule has 1 unspecified atom stereocenters. The van der Waals surface area contributed by atoms with Crippen molar-refractivity contribution in [2.45, 2.75) is 25.6 Å². The van der Waals surface area contributed by atoms with Gasteiger partial charge in [-0.3, -0.25) is 4.99 Å². The number of guanidine groups is 1. The second-order valence-corrected chi connectivity index (χ2v) is 7.97. The highest BCUT2D eigenvalue weighted by Gasteiger charge is 2.28. The molecular weight excluding hydrogens is 364 g/mol. The molecule has 1 heterocycles. The van der Waals surface area contributed by atoms with Gasteiger partial charge in [-0.15, -0.1) is 0 Å². The molecule has 1 aliphatic heterocycles. The van der Waals surface area contributed by atoms with Gasteiger partial charge in [0.05, 0.1) is 11.5 Å². The molecule has 24 heavy (non-hydrogen) atoms. The Labute approximate surface area is 144 Å². The molecule has 6 nitrogen and oxygen atoms in total. The maximum absolute atomic E-state index is 12.4. The number of rotatable bonds is 5. The third kappa shape index (κ3) is 5.48. The van der Waals surface area contributed by atoms with E-state index in [1.807, 2.05) is 0 Å². The third-order valence-corrected chi connectivity index (χ3v) is 5.48. The van der Waals surface area contributed by atoms with E-state index < -0.39 is 16.4 Å². The van der Waals surface area contributed by atoms with Gasteiger partial charge in [-0.2, -0.15) is 8.78 Å². The summed E-state index contributed by atoms with van der Waals surface area (Å²) in [6.45, 7) is -2.80. The average Bonchev–Trinajstić information content (AvgIpc) is 2.84. The van der Waals surface area contributed by atoms with Crippen LogP contribution in [0.1, 0.15) is 12.0 Å². The molecule has 0 spiro atoms. The van der Waals surface area contributed by atoms with Crippen molar-refractivity contribution < 1.29 is 21.9 Å². The van der Waals surface area contributed by atoms with Crippen molar-refractivity contribution in [1.29, 1.82) is 0 Å². The van der Waals surface area contributed by atoms with Crippen molar-refractivity contribution in [2.24, 2.45) is 4.99 Å². The number of hydrogen-bond donors (Lipinski definition) is 2. The summed E-state index contributed by atoms with van der Waals surface area (Å²) in [4.78, 5) is 4.01. The van der Waals surface area contributed by atoms with Gasteiger partial charge in [-0.1, -0.05) is 11.6 Å². The molecular formula is C14H18ClF2N3O3S. The Morgan fingerprint density at radius 3 is 2.83 bits per heavy atom. The summed E-state index contributed by atoms with van der Waals surface area (Å²) in [7, 11) is -1.47. The predicted molar refractivity (Wildman–Crippen MR) is 88.5 cm³/mol. The van der Waals surface area contributed by atoms with Crippen LogP contribution in [0.4, 0.5) is 8.78 Å². The number of aliphatic imine (C=N–C) groups is 1. The summed E-state index contributed by atoms with van der Waals surface area (Å²) >= 11 is 5.89. The Hall–Kier alpha value is -1.61. The molecule has 1 aromatic rings. The summed E-state index contributed by atoms with van der Waals surface area (Å²) in [6.07, 6.45) is 0.500. The fourth-order valence-corrected chi connectivity index (χ4v) is 4.24. The molecule has 1 saturated heterocycles. The molecule has 134 valence electrons. The zero-order valence-electron chi connectivity index (χ0n) is 12.9. The van der Waals surface area contributed by atoms with Gasteiger partial charge in [0.2, 0.25) is 0 Å². The fourth-order valence-electron chi connectivity index (χ4n) is 2.37. The number of hydrogen-bond acceptors (Lipinski definition) is 4. The molecule has 2 rings (SSSR count). The first-order valence-electron chi connectivity index (χ1n) is 7.20. The van der Waals surface area contributed by atoms with Crippen LogP contribution in [0.3, 0.4) is 0 Å². The van der Waals surface area contributed by atoms with Gasteiger partial charge in [0.1, 0.15) is 5.75 Å². The van der Waals surface area contributed by atoms with E-state index >= 15 is 0 Å². The quantitative estimate of drug-likeness (QED) is 0.600. The van der Waals surface area contributed by atoms with Crippen LogP contribution in [0.25, 0.3) is 0 Å². The molecule has 0 aliphatic carbocycles. The highest BCUT2D eigenvalue weighted by atomic mass is 35.5. The van der Waals surface area contributed by atoms with E-state index in [0.29, 0.717) is 23.0 Å². The van der Waals surface area contributed by atoms with Crippen molar-refractivity contribution in [3.05, 3.63) is 28.8 Å². The van der Waals surface area contributed by atoms with E-state index in [4.69, 9.17) is 11.6 Å². The number of nitrogens with one attached hydrogen (secondary N) is 2. The molecule has 10 heteroatoms. The first-order chi connectivity index (χ1) is 11.3. The van der Waals surface area contributed by atoms with E-state index in [0.717, 1.165) is 0 Å². The zero-order valence-corrected chi connectivity index (χ0v) is 14.5. The van der Waals surface area contributed by atoms with Crippen molar-refractivity contribution >= 4 is 27.4 Å². The lowest BCUT2D eigenvalue weighted by atomic mass is 10.2. The first kappa shape index (κ1) is 18.7. The Morgan fingerprint density at radius 2 is 2.25 bits per heavy atom. The Bertz CT molecular complexity index is 713. The van der Waals surface area contributed by atoms with Crippen molar-refractivity contribution in [2.75, 3.05) is 18.6 Å². The van der Waals surface area contributed by atoms with Crippen molar-refractivity contribution in [3.63, 3.8) is 0 Å². The van der Waals surface area contributed by atoms with Gasteiger partial charge < -0.3 is 15.4 Å². The molecule has 1 aliphatic rings. The van der Waals surface area contributed by atoms with Gasteiger partial charge in [0.15, 0.2) is 15.8 Å². The summed E-state index contributed by atoms with van der Waals surface area (Å²) in [6, 6.07) is 4.11. The fraction of sp³-hybridized carbons (Fsp3) is 0.500. The van der Waals surface area contributed by atoms with E-state index in [1.54, 1.807) is 0 Å². The van der Waals surface area contributed by atoms with Gasteiger partial charge in [0.25, 0.3) is 0 Å². The topological polar surface area (TPSA) is 79.8 Å². The summed E-state index contributed by atoms with van der Waals surface area (Å²) in [5.74, 6) is 0.577. The maximum Gasteiger partial charge on any atom is 0.387 e. The lowest BCUT2D eigenvalue weighted by Crippen LogP contribution is -2.43. The van der Waals surface area contributed by atoms with Crippen LogP contribution < -0.4 is 15.4 Å². The Morgan fingerprint density at radius 1 is 1.50 bits per heavy atom. The number of alkyl halides is 2. The molecule has 0 bridgehead atoms. The van der Waals surface area contributed by atoms with Gasteiger partial charge >= 0.3 is 6.61 Å². The lowest BCUT2D eigenvalue weighted by Gasteiger charge is -2.17. The standard InChI is InChI=1S/C14H18ClF2N3O3S/c1-18-14(20-11-4-5-24(21,22)8-11)19-7-9-6-10(15)2-3-12(9)23-13(16)17/h2-3,6,11,13H,4-5,7-8H2,1H3,(H2,18,19,20). The summed E-state index contributed by atoms with van der Waals surface area (Å²) in [5.41, 5.74) is 0.435. The minimum Gasteiger partial charge on any atom is -0.434 e. The predicted octanol–water partition coefficient (Wildman–Crippen LogP) is 1.79. The number of sulfone groups is 1. The smallest absolute Gasteiger partial charge is 0.387 e. The molecule has 2 N–H and O–H groups in total. The molecule has 0 amide bonds. The lowest BCUT2D eigenvalue weighted by molar-refractivity contribution is -0.0504. The molecule has 0 aromatic heterocycles. The third-order valence-electron chi connectivity index (χ3n) is 3.48. The largest absolute Gasteiger partial charge is 0.434 e. The van der Waals surface area contributed by atoms with Gasteiger partial charge in [-0.25, -0.2) is 8.42 Å². The Balaban J connectivity index is 1.99. The maximum atomic E-state index is 12.4. The van der Waals surface area contributed by atoms with Crippen molar-refractivity contribution in [1.82, 2.24) is 10.6 Å². The van der Waals surface area contributed by atoms with Crippen LogP contribution in [0.15, 0.2) is 23.2 Å². The van der Waals surface area contributed by atoms with Crippen LogP contribution in [0.2, 0.25) is 5.02 Å². The van der Waals surface area contributed by atoms with Crippen LogP contribution in [-0.4, -0.2) is 45.6 Å². The van der Waals surface area contributed by atoms with Crippen LogP contribution in [0.5, 0.6) is 5.75 Å². The summed E-state index contributed by atoms with van der Waals surface area (Å²) < 4.78 is 52.3. The van der Waals surface area contributed by atoms with Crippen LogP contribution in [0, 0.1) is 0 Å². The molecule has 1 aromatic carbocycles. The monoisotopic (exact) mass is 381 g/mol. The SMILES string of the molecule is CN=C(NCc1cc(Cl)ccc1OC(F)F)NC1CCS(=O)(=O)C1. The second kappa shape index (κ2) is 7.98. The molecule has 0 radical (unpaired) electrons. The highest BCUT2D eigenvalue weighted by Crippen LogP contribution is 2.24. The van der Waals surface area contributed by atoms with Crippen LogP contribution in [-0.2, 0) is 16.4 Å². The van der Waals surface area contributed by atoms with Gasteiger partial charge in [0, 0.05) is 30.2 Å². The minimum atomic E-state index is -3.01. The number of nitrogens with zero attached hydrogens (tertiary/aromatic N) is 1. The number of halogens is 3. The van der Waals surface area contributed by atoms with Crippen LogP contribution >= 0.6 is 11.6 Å².